The van der Waals surface area contributed by atoms with Crippen LogP contribution >= 0.6 is 0 Å². The smallest absolute Gasteiger partial charge is 0.412 e. The van der Waals surface area contributed by atoms with Crippen LogP contribution < -0.4 is 5.73 Å². The van der Waals surface area contributed by atoms with Crippen molar-refractivity contribution in [3.05, 3.63) is 71.8 Å². The number of carbonyl (C=O) groups is 1. The third kappa shape index (κ3) is 6.03. The van der Waals surface area contributed by atoms with Gasteiger partial charge in [-0.2, -0.15) is 0 Å². The summed E-state index contributed by atoms with van der Waals surface area (Å²) in [4.78, 5) is 13.1. The Balaban J connectivity index is 2.20. The van der Waals surface area contributed by atoms with Gasteiger partial charge in [0.2, 0.25) is 0 Å². The Morgan fingerprint density at radius 3 is 1.80 bits per heavy atom. The third-order valence-corrected chi connectivity index (χ3v) is 10.4. The molecule has 0 bridgehead atoms. The van der Waals surface area contributed by atoms with Crippen molar-refractivity contribution < 1.29 is 13.6 Å². The van der Waals surface area contributed by atoms with Gasteiger partial charge in [-0.05, 0) is 24.0 Å². The van der Waals surface area contributed by atoms with Crippen molar-refractivity contribution in [1.82, 2.24) is 0 Å². The first-order chi connectivity index (χ1) is 14.0. The number of hydrogen-bond acceptors (Lipinski definition) is 4. The molecule has 0 heterocycles. The molecule has 1 atom stereocenters. The normalized spacial score (nSPS) is 13.7. The van der Waals surface area contributed by atoms with Crippen LogP contribution in [-0.4, -0.2) is 27.2 Å². The molecule has 0 radical (unpaired) electrons. The number of carbonyl (C=O) groups excluding carboxylic acids is 1. The number of hydrogen-bond donors (Lipinski definition) is 1. The predicted molar refractivity (Wildman–Crippen MR) is 125 cm³/mol. The number of benzene rings is 2. The van der Waals surface area contributed by atoms with E-state index in [0.29, 0.717) is 13.0 Å². The van der Waals surface area contributed by atoms with Gasteiger partial charge in [-0.1, -0.05) is 102 Å². The molecule has 2 aromatic carbocycles. The van der Waals surface area contributed by atoms with Gasteiger partial charge < -0.3 is 14.6 Å². The minimum absolute atomic E-state index is 0.315. The van der Waals surface area contributed by atoms with Gasteiger partial charge in [0.25, 0.3) is 0 Å². The van der Waals surface area contributed by atoms with E-state index in [4.69, 9.17) is 14.6 Å². The lowest BCUT2D eigenvalue weighted by Gasteiger charge is -2.48. The molecule has 4 nitrogen and oxygen atoms in total. The largest absolute Gasteiger partial charge is 0.492 e. The first-order valence-electron chi connectivity index (χ1n) is 10.7. The van der Waals surface area contributed by atoms with Gasteiger partial charge in [0, 0.05) is 16.7 Å². The first-order valence-corrected chi connectivity index (χ1v) is 12.5. The van der Waals surface area contributed by atoms with E-state index < -0.39 is 14.6 Å². The molecule has 2 aromatic rings. The van der Waals surface area contributed by atoms with Gasteiger partial charge in [-0.3, -0.25) is 4.79 Å². The van der Waals surface area contributed by atoms with E-state index >= 15 is 0 Å². The SMILES string of the molecule is CC(C)(C)[Si](OCCc1ccccc1)(OC(=O)[C@@H](N)Cc1ccccc1)C(C)(C)C. The molecule has 0 fully saturated rings. The van der Waals surface area contributed by atoms with Gasteiger partial charge in [0.1, 0.15) is 6.04 Å². The predicted octanol–water partition coefficient (Wildman–Crippen LogP) is 5.40. The molecule has 0 aliphatic rings. The molecule has 0 aromatic heterocycles. The second kappa shape index (κ2) is 9.90. The summed E-state index contributed by atoms with van der Waals surface area (Å²) in [7, 11) is -3.03. The van der Waals surface area contributed by atoms with Crippen LogP contribution in [0.2, 0.25) is 10.1 Å². The molecule has 0 unspecified atom stereocenters. The molecule has 0 amide bonds. The van der Waals surface area contributed by atoms with E-state index in [-0.39, 0.29) is 16.0 Å². The highest BCUT2D eigenvalue weighted by atomic mass is 28.4. The van der Waals surface area contributed by atoms with Crippen LogP contribution in [-0.2, 0) is 26.5 Å². The maximum Gasteiger partial charge on any atom is 0.412 e. The van der Waals surface area contributed by atoms with E-state index in [2.05, 4.69) is 53.7 Å². The molecule has 2 N–H and O–H groups in total. The topological polar surface area (TPSA) is 61.5 Å². The second-order valence-electron chi connectivity index (χ2n) is 9.92. The van der Waals surface area contributed by atoms with Crippen molar-refractivity contribution in [3.63, 3.8) is 0 Å². The lowest BCUT2D eigenvalue weighted by Crippen LogP contribution is -2.60. The Hall–Kier alpha value is -1.95. The third-order valence-electron chi connectivity index (χ3n) is 5.36. The van der Waals surface area contributed by atoms with Crippen LogP contribution in [0, 0.1) is 0 Å². The van der Waals surface area contributed by atoms with Crippen molar-refractivity contribution in [3.8, 4) is 0 Å². The zero-order valence-corrected chi connectivity index (χ0v) is 20.3. The van der Waals surface area contributed by atoms with Crippen LogP contribution in [0.25, 0.3) is 0 Å². The summed E-state index contributed by atoms with van der Waals surface area (Å²) in [6, 6.07) is 19.3. The molecule has 2 rings (SSSR count). The average Bonchev–Trinajstić information content (AvgIpc) is 2.66. The van der Waals surface area contributed by atoms with Gasteiger partial charge in [-0.15, -0.1) is 0 Å². The van der Waals surface area contributed by atoms with E-state index in [1.165, 1.54) is 5.56 Å². The molecule has 0 aliphatic heterocycles. The van der Waals surface area contributed by atoms with E-state index in [0.717, 1.165) is 12.0 Å². The zero-order valence-electron chi connectivity index (χ0n) is 19.3. The standard InChI is InChI=1S/C25H37NO3Si/c1-24(2,3)30(25(4,5)6,28-18-17-20-13-9-7-10-14-20)29-23(27)22(26)19-21-15-11-8-12-16-21/h7-16,22H,17-19,26H2,1-6H3/t22-/m0/s1. The molecule has 0 spiro atoms. The maximum atomic E-state index is 13.1. The second-order valence-corrected chi connectivity index (χ2v) is 14.6. The van der Waals surface area contributed by atoms with Crippen LogP contribution in [0.1, 0.15) is 52.7 Å². The van der Waals surface area contributed by atoms with Gasteiger partial charge in [0.15, 0.2) is 0 Å². The summed E-state index contributed by atoms with van der Waals surface area (Å²) in [6.07, 6.45) is 1.22. The fourth-order valence-corrected chi connectivity index (χ4v) is 8.63. The Morgan fingerprint density at radius 1 is 0.867 bits per heavy atom. The highest BCUT2D eigenvalue weighted by Crippen LogP contribution is 2.52. The lowest BCUT2D eigenvalue weighted by molar-refractivity contribution is -0.139. The minimum atomic E-state index is -3.03. The van der Waals surface area contributed by atoms with Crippen LogP contribution in [0.15, 0.2) is 60.7 Å². The Kier molecular flexibility index (Phi) is 8.03. The number of nitrogens with two attached hydrogens (primary N) is 1. The monoisotopic (exact) mass is 427 g/mol. The Bertz CT molecular complexity index is 781. The first kappa shape index (κ1) is 24.3. The lowest BCUT2D eigenvalue weighted by atomic mass is 10.1. The molecule has 30 heavy (non-hydrogen) atoms. The zero-order chi connectivity index (χ0) is 22.4. The van der Waals surface area contributed by atoms with Crippen LogP contribution in [0.5, 0.6) is 0 Å². The van der Waals surface area contributed by atoms with Crippen LogP contribution in [0.4, 0.5) is 0 Å². The molecule has 164 valence electrons. The summed E-state index contributed by atoms with van der Waals surface area (Å²) < 4.78 is 12.9. The molecular weight excluding hydrogens is 390 g/mol. The molecule has 5 heteroatoms. The molecule has 0 saturated carbocycles. The summed E-state index contributed by atoms with van der Waals surface area (Å²) >= 11 is 0. The summed E-state index contributed by atoms with van der Waals surface area (Å²) in [5.41, 5.74) is 8.48. The Morgan fingerprint density at radius 2 is 1.33 bits per heavy atom. The fourth-order valence-electron chi connectivity index (χ4n) is 4.02. The minimum Gasteiger partial charge on any atom is -0.492 e. The Labute approximate surface area is 183 Å². The van der Waals surface area contributed by atoms with Crippen molar-refractivity contribution in [1.29, 1.82) is 0 Å². The summed E-state index contributed by atoms with van der Waals surface area (Å²) in [5.74, 6) is -0.380. The van der Waals surface area contributed by atoms with Gasteiger partial charge in [0.05, 0.1) is 0 Å². The van der Waals surface area contributed by atoms with Gasteiger partial charge >= 0.3 is 14.5 Å². The highest BCUT2D eigenvalue weighted by molar-refractivity contribution is 6.74. The highest BCUT2D eigenvalue weighted by Gasteiger charge is 2.61. The van der Waals surface area contributed by atoms with Crippen molar-refractivity contribution in [2.24, 2.45) is 5.73 Å². The van der Waals surface area contributed by atoms with Crippen molar-refractivity contribution >= 4 is 14.5 Å². The van der Waals surface area contributed by atoms with Crippen LogP contribution in [0.3, 0.4) is 0 Å². The molecule has 0 aliphatic carbocycles. The quantitative estimate of drug-likeness (QED) is 0.573. The summed E-state index contributed by atoms with van der Waals surface area (Å²) in [6.45, 7) is 13.1. The average molecular weight is 428 g/mol. The van der Waals surface area contributed by atoms with E-state index in [1.807, 2.05) is 48.5 Å². The molecule has 0 saturated heterocycles. The summed E-state index contributed by atoms with van der Waals surface area (Å²) in [5, 5.41) is -0.631. The van der Waals surface area contributed by atoms with Crippen molar-refractivity contribution in [2.75, 3.05) is 6.61 Å². The van der Waals surface area contributed by atoms with Gasteiger partial charge in [-0.25, -0.2) is 0 Å². The van der Waals surface area contributed by atoms with E-state index in [9.17, 15) is 4.79 Å². The van der Waals surface area contributed by atoms with Crippen molar-refractivity contribution in [2.45, 2.75) is 70.5 Å². The van der Waals surface area contributed by atoms with E-state index in [1.54, 1.807) is 0 Å². The molecular formula is C25H37NO3Si. The maximum absolute atomic E-state index is 13.1. The number of rotatable bonds is 8. The fraction of sp³-hybridized carbons (Fsp3) is 0.480.